The normalized spacial score (nSPS) is 12.3. The lowest BCUT2D eigenvalue weighted by atomic mass is 10.2. The Hall–Kier alpha value is -1.36. The van der Waals surface area contributed by atoms with Gasteiger partial charge in [0, 0.05) is 31.7 Å². The van der Waals surface area contributed by atoms with Crippen LogP contribution in [0.1, 0.15) is 32.2 Å². The van der Waals surface area contributed by atoms with Crippen LogP contribution in [0.4, 0.5) is 11.6 Å². The number of aryl methyl sites for hydroxylation is 1. The van der Waals surface area contributed by atoms with Crippen LogP contribution in [0.2, 0.25) is 0 Å². The zero-order valence-corrected chi connectivity index (χ0v) is 12.0. The maximum atomic E-state index is 5.40. The van der Waals surface area contributed by atoms with Gasteiger partial charge in [-0.3, -0.25) is 0 Å². The maximum absolute atomic E-state index is 5.40. The zero-order chi connectivity index (χ0) is 13.5. The Morgan fingerprint density at radius 3 is 2.44 bits per heavy atom. The van der Waals surface area contributed by atoms with Gasteiger partial charge in [0.2, 0.25) is 0 Å². The van der Waals surface area contributed by atoms with Crippen LogP contribution in [0.25, 0.3) is 0 Å². The van der Waals surface area contributed by atoms with Crippen LogP contribution in [0.5, 0.6) is 0 Å². The second-order valence-corrected chi connectivity index (χ2v) is 4.27. The average Bonchev–Trinajstić information content (AvgIpc) is 2.38. The Bertz CT molecular complexity index is 381. The van der Waals surface area contributed by atoms with Crippen LogP contribution < -0.4 is 10.6 Å². The second-order valence-electron chi connectivity index (χ2n) is 4.27. The fourth-order valence-corrected chi connectivity index (χ4v) is 1.67. The van der Waals surface area contributed by atoms with Crippen molar-refractivity contribution in [3.63, 3.8) is 0 Å². The molecule has 0 aliphatic rings. The van der Waals surface area contributed by atoms with Crippen molar-refractivity contribution >= 4 is 11.6 Å². The molecule has 0 aliphatic heterocycles. The minimum Gasteiger partial charge on any atom is -0.380 e. The van der Waals surface area contributed by atoms with E-state index in [1.54, 1.807) is 0 Å². The number of nitrogens with one attached hydrogen (secondary N) is 2. The largest absolute Gasteiger partial charge is 0.380 e. The molecule has 0 saturated carbocycles. The number of hydrogen-bond acceptors (Lipinski definition) is 5. The third kappa shape index (κ3) is 3.84. The first-order valence-electron chi connectivity index (χ1n) is 6.51. The van der Waals surface area contributed by atoms with E-state index in [9.17, 15) is 0 Å². The van der Waals surface area contributed by atoms with Crippen molar-refractivity contribution in [2.75, 3.05) is 30.9 Å². The van der Waals surface area contributed by atoms with E-state index in [4.69, 9.17) is 4.74 Å². The Balaban J connectivity index is 2.86. The van der Waals surface area contributed by atoms with Gasteiger partial charge in [0.1, 0.15) is 17.5 Å². The maximum Gasteiger partial charge on any atom is 0.135 e. The van der Waals surface area contributed by atoms with E-state index in [0.29, 0.717) is 6.61 Å². The predicted molar refractivity (Wildman–Crippen MR) is 75.3 cm³/mol. The number of aromatic nitrogens is 2. The lowest BCUT2D eigenvalue weighted by Crippen LogP contribution is -2.23. The molecule has 0 fully saturated rings. The fourth-order valence-electron chi connectivity index (χ4n) is 1.67. The molecule has 0 bridgehead atoms. The average molecular weight is 252 g/mol. The quantitative estimate of drug-likeness (QED) is 0.779. The summed E-state index contributed by atoms with van der Waals surface area (Å²) < 4.78 is 5.40. The van der Waals surface area contributed by atoms with Crippen molar-refractivity contribution < 1.29 is 4.74 Å². The number of anilines is 2. The number of nitrogens with zero attached hydrogens (tertiary/aromatic N) is 2. The first-order valence-corrected chi connectivity index (χ1v) is 6.51. The summed E-state index contributed by atoms with van der Waals surface area (Å²) in [6, 6.07) is 0.230. The molecule has 1 aromatic rings. The molecule has 1 rings (SSSR count). The summed E-state index contributed by atoms with van der Waals surface area (Å²) >= 11 is 0. The van der Waals surface area contributed by atoms with E-state index in [0.717, 1.165) is 36.1 Å². The monoisotopic (exact) mass is 252 g/mol. The summed E-state index contributed by atoms with van der Waals surface area (Å²) in [5.41, 5.74) is 1.04. The van der Waals surface area contributed by atoms with Gasteiger partial charge in [0.25, 0.3) is 0 Å². The minimum absolute atomic E-state index is 0.230. The molecule has 0 amide bonds. The van der Waals surface area contributed by atoms with Crippen molar-refractivity contribution in [1.29, 1.82) is 0 Å². The Labute approximate surface area is 109 Å². The summed E-state index contributed by atoms with van der Waals surface area (Å²) in [7, 11) is 1.88. The van der Waals surface area contributed by atoms with Gasteiger partial charge < -0.3 is 15.4 Å². The molecule has 1 aromatic heterocycles. The molecular formula is C13H24N4O. The van der Waals surface area contributed by atoms with Crippen LogP contribution >= 0.6 is 0 Å². The highest BCUT2D eigenvalue weighted by Crippen LogP contribution is 2.20. The SMILES string of the molecule is CCOCC(C)Nc1nc(CC)nc(NC)c1C. The molecule has 0 aliphatic carbocycles. The standard InChI is InChI=1S/C13H24N4O/c1-6-11-16-12(14-5)10(4)13(17-11)15-9(3)8-18-7-2/h9H,6-8H2,1-5H3,(H2,14,15,16,17). The van der Waals surface area contributed by atoms with Gasteiger partial charge >= 0.3 is 0 Å². The van der Waals surface area contributed by atoms with Crippen LogP contribution in [-0.4, -0.2) is 36.3 Å². The van der Waals surface area contributed by atoms with Crippen LogP contribution in [0.3, 0.4) is 0 Å². The van der Waals surface area contributed by atoms with Gasteiger partial charge in [0.05, 0.1) is 6.61 Å². The van der Waals surface area contributed by atoms with Crippen molar-refractivity contribution in [1.82, 2.24) is 9.97 Å². The van der Waals surface area contributed by atoms with Gasteiger partial charge in [-0.1, -0.05) is 6.92 Å². The van der Waals surface area contributed by atoms with E-state index >= 15 is 0 Å². The Morgan fingerprint density at radius 2 is 1.89 bits per heavy atom. The highest BCUT2D eigenvalue weighted by atomic mass is 16.5. The summed E-state index contributed by atoms with van der Waals surface area (Å²) in [6.07, 6.45) is 0.823. The molecule has 2 N–H and O–H groups in total. The molecule has 0 radical (unpaired) electrons. The summed E-state index contributed by atoms with van der Waals surface area (Å²) in [4.78, 5) is 8.98. The minimum atomic E-state index is 0.230. The molecule has 5 heteroatoms. The van der Waals surface area contributed by atoms with Crippen LogP contribution in [0, 0.1) is 6.92 Å². The van der Waals surface area contributed by atoms with E-state index in [1.807, 2.05) is 20.9 Å². The summed E-state index contributed by atoms with van der Waals surface area (Å²) in [5, 5.41) is 6.48. The first kappa shape index (κ1) is 14.7. The van der Waals surface area contributed by atoms with Crippen molar-refractivity contribution in [3.8, 4) is 0 Å². The Morgan fingerprint density at radius 1 is 1.22 bits per heavy atom. The highest BCUT2D eigenvalue weighted by Gasteiger charge is 2.11. The molecule has 0 spiro atoms. The van der Waals surface area contributed by atoms with Gasteiger partial charge in [-0.25, -0.2) is 9.97 Å². The Kier molecular flexibility index (Phi) is 5.85. The van der Waals surface area contributed by atoms with Crippen LogP contribution in [0.15, 0.2) is 0 Å². The van der Waals surface area contributed by atoms with E-state index < -0.39 is 0 Å². The smallest absolute Gasteiger partial charge is 0.135 e. The molecule has 0 saturated heterocycles. The molecular weight excluding hydrogens is 228 g/mol. The van der Waals surface area contributed by atoms with Crippen LogP contribution in [-0.2, 0) is 11.2 Å². The van der Waals surface area contributed by atoms with Crippen molar-refractivity contribution in [3.05, 3.63) is 11.4 Å². The zero-order valence-electron chi connectivity index (χ0n) is 12.0. The molecule has 5 nitrogen and oxygen atoms in total. The molecule has 102 valence electrons. The van der Waals surface area contributed by atoms with Gasteiger partial charge in [-0.15, -0.1) is 0 Å². The topological polar surface area (TPSA) is 59.1 Å². The first-order chi connectivity index (χ1) is 8.62. The number of rotatable bonds is 7. The molecule has 1 heterocycles. The van der Waals surface area contributed by atoms with Crippen molar-refractivity contribution in [2.24, 2.45) is 0 Å². The van der Waals surface area contributed by atoms with E-state index in [1.165, 1.54) is 0 Å². The van der Waals surface area contributed by atoms with Gasteiger partial charge in [-0.2, -0.15) is 0 Å². The highest BCUT2D eigenvalue weighted by molar-refractivity contribution is 5.57. The number of ether oxygens (including phenoxy) is 1. The fraction of sp³-hybridized carbons (Fsp3) is 0.692. The summed E-state index contributed by atoms with van der Waals surface area (Å²) in [5.74, 6) is 2.61. The predicted octanol–water partition coefficient (Wildman–Crippen LogP) is 2.23. The molecule has 0 aromatic carbocycles. The lowest BCUT2D eigenvalue weighted by molar-refractivity contribution is 0.141. The van der Waals surface area contributed by atoms with Gasteiger partial charge in [-0.05, 0) is 20.8 Å². The third-order valence-corrected chi connectivity index (χ3v) is 2.70. The molecule has 1 atom stereocenters. The van der Waals surface area contributed by atoms with E-state index in [-0.39, 0.29) is 6.04 Å². The lowest BCUT2D eigenvalue weighted by Gasteiger charge is -2.18. The van der Waals surface area contributed by atoms with Crippen molar-refractivity contribution in [2.45, 2.75) is 40.2 Å². The second kappa shape index (κ2) is 7.16. The number of hydrogen-bond donors (Lipinski definition) is 2. The molecule has 1 unspecified atom stereocenters. The van der Waals surface area contributed by atoms with Gasteiger partial charge in [0.15, 0.2) is 0 Å². The van der Waals surface area contributed by atoms with E-state index in [2.05, 4.69) is 34.4 Å². The third-order valence-electron chi connectivity index (χ3n) is 2.70. The summed E-state index contributed by atoms with van der Waals surface area (Å²) in [6.45, 7) is 9.56. The molecule has 18 heavy (non-hydrogen) atoms.